The predicted octanol–water partition coefficient (Wildman–Crippen LogP) is 4.22. The first-order chi connectivity index (χ1) is 6.24. The molecule has 1 aromatic carbocycles. The molecule has 0 aliphatic carbocycles. The molecule has 4 heteroatoms. The number of rotatable bonds is 1. The molecule has 0 radical (unpaired) electrons. The minimum absolute atomic E-state index is 0.202. The smallest absolute Gasteiger partial charge is 0.190 e. The second kappa shape index (κ2) is 3.59. The first-order valence-corrected chi connectivity index (χ1v) is 6.07. The van der Waals surface area contributed by atoms with Gasteiger partial charge in [0.2, 0.25) is 0 Å². The van der Waals surface area contributed by atoms with Gasteiger partial charge in [0.15, 0.2) is 5.13 Å². The Bertz CT molecular complexity index is 450. The summed E-state index contributed by atoms with van der Waals surface area (Å²) in [6, 6.07) is 5.82. The van der Waals surface area contributed by atoms with Crippen LogP contribution < -0.4 is 0 Å². The molecule has 68 valence electrons. The van der Waals surface area contributed by atoms with Crippen LogP contribution in [0.4, 0.5) is 4.39 Å². The monoisotopic (exact) mass is 276 g/mol. The molecule has 0 atom stereocenters. The van der Waals surface area contributed by atoms with Crippen LogP contribution in [0.1, 0.15) is 5.56 Å². The molecule has 0 saturated carbocycles. The number of thiol groups is 1. The van der Waals surface area contributed by atoms with Crippen LogP contribution in [0.3, 0.4) is 0 Å². The van der Waals surface area contributed by atoms with Crippen molar-refractivity contribution in [3.05, 3.63) is 28.9 Å². The van der Waals surface area contributed by atoms with Crippen LogP contribution in [0.2, 0.25) is 0 Å². The van der Waals surface area contributed by atoms with E-state index in [9.17, 15) is 4.39 Å². The molecule has 0 aliphatic rings. The van der Waals surface area contributed by atoms with Gasteiger partial charge in [-0.2, -0.15) is 4.39 Å². The molecule has 2 rings (SSSR count). The van der Waals surface area contributed by atoms with Gasteiger partial charge < -0.3 is 0 Å². The van der Waals surface area contributed by atoms with Gasteiger partial charge in [0.05, 0.1) is 4.90 Å². The lowest BCUT2D eigenvalue weighted by Crippen LogP contribution is -1.78. The highest BCUT2D eigenvalue weighted by molar-refractivity contribution is 9.08. The van der Waals surface area contributed by atoms with Gasteiger partial charge in [-0.05, 0) is 11.6 Å². The molecule has 1 aromatic heterocycles. The summed E-state index contributed by atoms with van der Waals surface area (Å²) in [7, 11) is 0. The quantitative estimate of drug-likeness (QED) is 0.585. The Kier molecular flexibility index (Phi) is 2.62. The van der Waals surface area contributed by atoms with Crippen LogP contribution in [0.25, 0.3) is 10.1 Å². The van der Waals surface area contributed by atoms with Crippen LogP contribution in [-0.2, 0) is 5.33 Å². The molecular weight excluding hydrogens is 271 g/mol. The van der Waals surface area contributed by atoms with E-state index in [0.717, 1.165) is 32.3 Å². The van der Waals surface area contributed by atoms with Crippen molar-refractivity contribution in [2.75, 3.05) is 0 Å². The number of fused-ring (bicyclic) bond motifs is 1. The van der Waals surface area contributed by atoms with Crippen LogP contribution in [0.15, 0.2) is 23.1 Å². The zero-order valence-corrected chi connectivity index (χ0v) is 9.85. The van der Waals surface area contributed by atoms with Crippen molar-refractivity contribution in [1.29, 1.82) is 0 Å². The normalized spacial score (nSPS) is 11.0. The summed E-state index contributed by atoms with van der Waals surface area (Å²) in [4.78, 5) is 0.468. The van der Waals surface area contributed by atoms with Crippen molar-refractivity contribution in [3.63, 3.8) is 0 Å². The third-order valence-corrected chi connectivity index (χ3v) is 4.00. The zero-order valence-electron chi connectivity index (χ0n) is 6.55. The molecule has 0 aliphatic heterocycles. The molecule has 1 heterocycles. The van der Waals surface area contributed by atoms with Crippen molar-refractivity contribution in [2.24, 2.45) is 0 Å². The molecule has 0 bridgehead atoms. The minimum atomic E-state index is -0.202. The summed E-state index contributed by atoms with van der Waals surface area (Å²) < 4.78 is 14.1. The van der Waals surface area contributed by atoms with Crippen LogP contribution in [0, 0.1) is 5.13 Å². The standard InChI is InChI=1S/C9H6BrFS2/c10-4-5-2-1-3-6-7(5)8(12)9(11)13-6/h1-3,12H,4H2. The molecule has 0 saturated heterocycles. The fourth-order valence-electron chi connectivity index (χ4n) is 1.28. The summed E-state index contributed by atoms with van der Waals surface area (Å²) in [5.41, 5.74) is 1.09. The summed E-state index contributed by atoms with van der Waals surface area (Å²) in [5, 5.41) is 1.46. The zero-order chi connectivity index (χ0) is 9.42. The fraction of sp³-hybridized carbons (Fsp3) is 0.111. The molecule has 0 N–H and O–H groups in total. The Morgan fingerprint density at radius 2 is 2.23 bits per heavy atom. The summed E-state index contributed by atoms with van der Waals surface area (Å²) >= 11 is 8.67. The van der Waals surface area contributed by atoms with E-state index in [2.05, 4.69) is 28.6 Å². The second-order valence-electron chi connectivity index (χ2n) is 2.65. The lowest BCUT2D eigenvalue weighted by molar-refractivity contribution is 0.636. The maximum Gasteiger partial charge on any atom is 0.190 e. The van der Waals surface area contributed by atoms with Crippen LogP contribution >= 0.6 is 39.9 Å². The van der Waals surface area contributed by atoms with Gasteiger partial charge in [-0.25, -0.2) is 0 Å². The third-order valence-electron chi connectivity index (χ3n) is 1.88. The van der Waals surface area contributed by atoms with Crippen LogP contribution in [-0.4, -0.2) is 0 Å². The van der Waals surface area contributed by atoms with E-state index in [1.807, 2.05) is 18.2 Å². The largest absolute Gasteiger partial charge is 0.194 e. The number of thiophene rings is 1. The van der Waals surface area contributed by atoms with Crippen molar-refractivity contribution in [2.45, 2.75) is 10.2 Å². The molecule has 0 nitrogen and oxygen atoms in total. The van der Waals surface area contributed by atoms with E-state index >= 15 is 0 Å². The van der Waals surface area contributed by atoms with Gasteiger partial charge in [0.1, 0.15) is 0 Å². The number of hydrogen-bond acceptors (Lipinski definition) is 2. The van der Waals surface area contributed by atoms with Gasteiger partial charge >= 0.3 is 0 Å². The first-order valence-electron chi connectivity index (χ1n) is 3.69. The highest BCUT2D eigenvalue weighted by atomic mass is 79.9. The van der Waals surface area contributed by atoms with Gasteiger partial charge in [0, 0.05) is 15.4 Å². The predicted molar refractivity (Wildman–Crippen MR) is 61.7 cm³/mol. The maximum absolute atomic E-state index is 13.2. The number of hydrogen-bond donors (Lipinski definition) is 1. The third kappa shape index (κ3) is 1.51. The van der Waals surface area contributed by atoms with Crippen LogP contribution in [0.5, 0.6) is 0 Å². The Balaban J connectivity index is 2.87. The summed E-state index contributed by atoms with van der Waals surface area (Å²) in [5.74, 6) is 0. The Morgan fingerprint density at radius 1 is 1.46 bits per heavy atom. The van der Waals surface area contributed by atoms with Gasteiger partial charge in [-0.15, -0.1) is 24.0 Å². The van der Waals surface area contributed by atoms with E-state index < -0.39 is 0 Å². The van der Waals surface area contributed by atoms with E-state index in [0.29, 0.717) is 4.90 Å². The Hall–Kier alpha value is -0.0600. The maximum atomic E-state index is 13.2. The summed E-state index contributed by atoms with van der Waals surface area (Å²) in [6.07, 6.45) is 0. The average molecular weight is 277 g/mol. The fourth-order valence-corrected chi connectivity index (χ4v) is 3.10. The molecule has 0 amide bonds. The molecule has 0 unspecified atom stereocenters. The lowest BCUT2D eigenvalue weighted by Gasteiger charge is -1.98. The van der Waals surface area contributed by atoms with E-state index in [4.69, 9.17) is 0 Å². The second-order valence-corrected chi connectivity index (χ2v) is 4.66. The topological polar surface area (TPSA) is 0 Å². The van der Waals surface area contributed by atoms with Gasteiger partial charge in [-0.1, -0.05) is 28.1 Å². The average Bonchev–Trinajstić information content (AvgIpc) is 2.43. The summed E-state index contributed by atoms with van der Waals surface area (Å²) in [6.45, 7) is 0. The Labute approximate surface area is 93.3 Å². The minimum Gasteiger partial charge on any atom is -0.194 e. The Morgan fingerprint density at radius 3 is 2.92 bits per heavy atom. The SMILES string of the molecule is Fc1sc2cccc(CBr)c2c1S. The van der Waals surface area contributed by atoms with Crippen molar-refractivity contribution < 1.29 is 4.39 Å². The molecular formula is C9H6BrFS2. The van der Waals surface area contributed by atoms with E-state index in [-0.39, 0.29) is 5.13 Å². The van der Waals surface area contributed by atoms with Crippen molar-refractivity contribution >= 4 is 50.0 Å². The van der Waals surface area contributed by atoms with Gasteiger partial charge in [-0.3, -0.25) is 0 Å². The number of halogens is 2. The molecule has 0 fully saturated rings. The van der Waals surface area contributed by atoms with E-state index in [1.165, 1.54) is 0 Å². The first kappa shape index (κ1) is 9.49. The van der Waals surface area contributed by atoms with Crippen molar-refractivity contribution in [3.8, 4) is 0 Å². The highest BCUT2D eigenvalue weighted by Gasteiger charge is 2.11. The molecule has 0 spiro atoms. The van der Waals surface area contributed by atoms with Gasteiger partial charge in [0.25, 0.3) is 0 Å². The molecule has 2 aromatic rings. The highest BCUT2D eigenvalue weighted by Crippen LogP contribution is 2.35. The van der Waals surface area contributed by atoms with Crippen molar-refractivity contribution in [1.82, 2.24) is 0 Å². The number of benzene rings is 1. The molecule has 13 heavy (non-hydrogen) atoms. The van der Waals surface area contributed by atoms with E-state index in [1.54, 1.807) is 0 Å². The lowest BCUT2D eigenvalue weighted by atomic mass is 10.1. The number of alkyl halides is 1.